The van der Waals surface area contributed by atoms with Gasteiger partial charge in [-0.3, -0.25) is 14.6 Å². The summed E-state index contributed by atoms with van der Waals surface area (Å²) in [5.74, 6) is 0.981. The molecule has 0 radical (unpaired) electrons. The normalized spacial score (nSPS) is 20.7. The van der Waals surface area contributed by atoms with E-state index in [0.29, 0.717) is 65.3 Å². The maximum absolute atomic E-state index is 14.1. The quantitative estimate of drug-likeness (QED) is 0.509. The van der Waals surface area contributed by atoms with Gasteiger partial charge in [0.05, 0.1) is 25.4 Å². The number of ether oxygens (including phenoxy) is 2. The van der Waals surface area contributed by atoms with Gasteiger partial charge in [0.15, 0.2) is 5.60 Å². The first-order valence-corrected chi connectivity index (χ1v) is 14.5. The van der Waals surface area contributed by atoms with Crippen LogP contribution < -0.4 is 4.74 Å². The highest BCUT2D eigenvalue weighted by Crippen LogP contribution is 2.30. The van der Waals surface area contributed by atoms with Crippen molar-refractivity contribution in [3.05, 3.63) is 59.9 Å². The van der Waals surface area contributed by atoms with Crippen LogP contribution in [0.5, 0.6) is 5.75 Å². The number of para-hydroxylation sites is 1. The number of aryl methyl sites for hydroxylation is 1. The average molecular weight is 537 g/mol. The third kappa shape index (κ3) is 8.02. The lowest BCUT2D eigenvalue weighted by Gasteiger charge is -2.44. The Labute approximate surface area is 233 Å². The summed E-state index contributed by atoms with van der Waals surface area (Å²) in [5, 5.41) is 0. The van der Waals surface area contributed by atoms with E-state index >= 15 is 0 Å². The molecule has 0 saturated carbocycles. The van der Waals surface area contributed by atoms with E-state index in [0.717, 1.165) is 43.5 Å². The minimum atomic E-state index is -1.000. The number of hydrogen-bond donors (Lipinski definition) is 0. The SMILES string of the molecule is CCCCN1CCOc2ccccc2CCCCC2(CN(C(=O)CCN(C)Cc3ccccn3)CCO2)C1=O. The summed E-state index contributed by atoms with van der Waals surface area (Å²) in [6.45, 7) is 6.27. The van der Waals surface area contributed by atoms with Crippen LogP contribution in [0.3, 0.4) is 0 Å². The monoisotopic (exact) mass is 536 g/mol. The average Bonchev–Trinajstić information content (AvgIpc) is 2.96. The number of pyridine rings is 1. The number of carbonyl (C=O) groups is 2. The summed E-state index contributed by atoms with van der Waals surface area (Å²) in [6, 6.07) is 14.1. The predicted octanol–water partition coefficient (Wildman–Crippen LogP) is 3.94. The molecule has 0 bridgehead atoms. The Bertz CT molecular complexity index is 1070. The van der Waals surface area contributed by atoms with Crippen molar-refractivity contribution in [2.75, 3.05) is 53.0 Å². The van der Waals surface area contributed by atoms with Crippen LogP contribution in [0.2, 0.25) is 0 Å². The Balaban J connectivity index is 1.44. The molecule has 39 heavy (non-hydrogen) atoms. The molecule has 8 nitrogen and oxygen atoms in total. The number of amides is 2. The molecule has 8 heteroatoms. The van der Waals surface area contributed by atoms with Crippen molar-refractivity contribution in [3.63, 3.8) is 0 Å². The Morgan fingerprint density at radius 2 is 1.95 bits per heavy atom. The van der Waals surface area contributed by atoms with Crippen LogP contribution >= 0.6 is 0 Å². The fraction of sp³-hybridized carbons (Fsp3) is 0.581. The summed E-state index contributed by atoms with van der Waals surface area (Å²) < 4.78 is 12.5. The molecule has 1 unspecified atom stereocenters. The Morgan fingerprint density at radius 1 is 1.10 bits per heavy atom. The molecule has 3 heterocycles. The third-order valence-corrected chi connectivity index (χ3v) is 7.73. The number of aromatic nitrogens is 1. The first-order valence-electron chi connectivity index (χ1n) is 14.5. The highest BCUT2D eigenvalue weighted by molar-refractivity contribution is 5.87. The number of nitrogens with zero attached hydrogens (tertiary/aromatic N) is 4. The molecule has 1 atom stereocenters. The molecule has 1 aromatic heterocycles. The van der Waals surface area contributed by atoms with Crippen molar-refractivity contribution in [3.8, 4) is 5.75 Å². The van der Waals surface area contributed by atoms with Gasteiger partial charge >= 0.3 is 0 Å². The van der Waals surface area contributed by atoms with E-state index in [2.05, 4.69) is 22.9 Å². The Hall–Kier alpha value is -2.97. The molecular weight excluding hydrogens is 492 g/mol. The summed E-state index contributed by atoms with van der Waals surface area (Å²) in [4.78, 5) is 37.7. The zero-order chi connectivity index (χ0) is 27.5. The number of benzene rings is 1. The van der Waals surface area contributed by atoms with Crippen LogP contribution in [0.1, 0.15) is 56.7 Å². The van der Waals surface area contributed by atoms with E-state index in [-0.39, 0.29) is 11.8 Å². The van der Waals surface area contributed by atoms with Crippen LogP contribution in [-0.2, 0) is 27.3 Å². The van der Waals surface area contributed by atoms with Crippen molar-refractivity contribution in [1.29, 1.82) is 0 Å². The van der Waals surface area contributed by atoms with Crippen molar-refractivity contribution in [2.24, 2.45) is 0 Å². The minimum absolute atomic E-state index is 0.00169. The van der Waals surface area contributed by atoms with Crippen LogP contribution in [0.4, 0.5) is 0 Å². The molecule has 1 saturated heterocycles. The predicted molar refractivity (Wildman–Crippen MR) is 151 cm³/mol. The molecule has 2 aromatic rings. The number of unbranched alkanes of at least 4 members (excludes halogenated alkanes) is 1. The van der Waals surface area contributed by atoms with E-state index in [1.54, 1.807) is 6.20 Å². The smallest absolute Gasteiger partial charge is 0.256 e. The number of fused-ring (bicyclic) bond motifs is 1. The molecule has 2 amide bonds. The Morgan fingerprint density at radius 3 is 2.77 bits per heavy atom. The van der Waals surface area contributed by atoms with Crippen LogP contribution in [0.15, 0.2) is 48.7 Å². The molecule has 1 spiro atoms. The van der Waals surface area contributed by atoms with Crippen molar-refractivity contribution >= 4 is 11.8 Å². The molecule has 2 aliphatic rings. The van der Waals surface area contributed by atoms with E-state index in [9.17, 15) is 9.59 Å². The lowest BCUT2D eigenvalue weighted by molar-refractivity contribution is -0.176. The second-order valence-electron chi connectivity index (χ2n) is 10.8. The molecule has 0 aliphatic carbocycles. The van der Waals surface area contributed by atoms with Crippen LogP contribution in [-0.4, -0.2) is 90.1 Å². The maximum atomic E-state index is 14.1. The summed E-state index contributed by atoms with van der Waals surface area (Å²) in [7, 11) is 2.00. The van der Waals surface area contributed by atoms with E-state index < -0.39 is 5.60 Å². The van der Waals surface area contributed by atoms with Gasteiger partial charge in [0, 0.05) is 38.8 Å². The molecule has 1 fully saturated rings. The fourth-order valence-corrected chi connectivity index (χ4v) is 5.47. The third-order valence-electron chi connectivity index (χ3n) is 7.73. The first-order chi connectivity index (χ1) is 19.0. The highest BCUT2D eigenvalue weighted by atomic mass is 16.5. The molecule has 0 N–H and O–H groups in total. The first kappa shape index (κ1) is 29.0. The number of rotatable bonds is 8. The van der Waals surface area contributed by atoms with Crippen LogP contribution in [0.25, 0.3) is 0 Å². The summed E-state index contributed by atoms with van der Waals surface area (Å²) >= 11 is 0. The van der Waals surface area contributed by atoms with Gasteiger partial charge in [0.1, 0.15) is 12.4 Å². The van der Waals surface area contributed by atoms with Gasteiger partial charge in [-0.05, 0) is 62.9 Å². The van der Waals surface area contributed by atoms with E-state index in [1.807, 2.05) is 53.2 Å². The Kier molecular flexibility index (Phi) is 10.7. The summed E-state index contributed by atoms with van der Waals surface area (Å²) in [5.41, 5.74) is 1.19. The number of morpholine rings is 1. The minimum Gasteiger partial charge on any atom is -0.491 e. The van der Waals surface area contributed by atoms with Crippen molar-refractivity contribution in [2.45, 2.75) is 64.0 Å². The highest BCUT2D eigenvalue weighted by Gasteiger charge is 2.46. The van der Waals surface area contributed by atoms with Gasteiger partial charge in [-0.15, -0.1) is 0 Å². The molecule has 212 valence electrons. The van der Waals surface area contributed by atoms with E-state index in [4.69, 9.17) is 9.47 Å². The van der Waals surface area contributed by atoms with Crippen molar-refractivity contribution < 1.29 is 19.1 Å². The second-order valence-corrected chi connectivity index (χ2v) is 10.8. The zero-order valence-corrected chi connectivity index (χ0v) is 23.6. The summed E-state index contributed by atoms with van der Waals surface area (Å²) in [6.07, 6.45) is 7.39. The lowest BCUT2D eigenvalue weighted by atomic mass is 9.90. The van der Waals surface area contributed by atoms with Gasteiger partial charge in [-0.25, -0.2) is 0 Å². The van der Waals surface area contributed by atoms with Crippen LogP contribution in [0, 0.1) is 0 Å². The van der Waals surface area contributed by atoms with E-state index in [1.165, 1.54) is 5.56 Å². The molecule has 2 aliphatic heterocycles. The standard InChI is InChI=1S/C31H44N4O4/c1-3-4-18-34-20-22-38-28-14-6-5-11-26(28)12-7-9-16-31(30(34)37)25-35(21-23-39-31)29(36)15-19-33(2)24-27-13-8-10-17-32-27/h5-6,8,10-11,13-14,17H,3-4,7,9,12,15-16,18-25H2,1-2H3. The molecule has 4 rings (SSSR count). The number of hydrogen-bond acceptors (Lipinski definition) is 6. The zero-order valence-electron chi connectivity index (χ0n) is 23.6. The van der Waals surface area contributed by atoms with Gasteiger partial charge in [-0.2, -0.15) is 0 Å². The van der Waals surface area contributed by atoms with Gasteiger partial charge in [0.2, 0.25) is 5.91 Å². The lowest BCUT2D eigenvalue weighted by Crippen LogP contribution is -2.62. The maximum Gasteiger partial charge on any atom is 0.256 e. The fourth-order valence-electron chi connectivity index (χ4n) is 5.47. The van der Waals surface area contributed by atoms with Gasteiger partial charge in [-0.1, -0.05) is 37.6 Å². The molecule has 1 aromatic carbocycles. The molecular formula is C31H44N4O4. The van der Waals surface area contributed by atoms with Gasteiger partial charge < -0.3 is 24.2 Å². The topological polar surface area (TPSA) is 75.2 Å². The number of carbonyl (C=O) groups excluding carboxylic acids is 2. The van der Waals surface area contributed by atoms with Crippen molar-refractivity contribution in [1.82, 2.24) is 19.7 Å². The largest absolute Gasteiger partial charge is 0.491 e. The second kappa shape index (κ2) is 14.4. The van der Waals surface area contributed by atoms with Gasteiger partial charge in [0.25, 0.3) is 5.91 Å².